The minimum absolute atomic E-state index is 0.606. The van der Waals surface area contributed by atoms with Gasteiger partial charge in [-0.1, -0.05) is 25.4 Å². The number of hydrogen-bond acceptors (Lipinski definition) is 4. The van der Waals surface area contributed by atoms with Crippen LogP contribution in [-0.2, 0) is 6.54 Å². The van der Waals surface area contributed by atoms with Crippen LogP contribution in [0.25, 0.3) is 0 Å². The molecule has 0 radical (unpaired) electrons. The van der Waals surface area contributed by atoms with Crippen molar-refractivity contribution in [3.8, 4) is 0 Å². The van der Waals surface area contributed by atoms with Crippen LogP contribution in [0.5, 0.6) is 0 Å². The second-order valence-electron chi connectivity index (χ2n) is 5.03. The van der Waals surface area contributed by atoms with Crippen molar-refractivity contribution in [3.05, 3.63) is 18.0 Å². The van der Waals surface area contributed by atoms with Gasteiger partial charge in [0, 0.05) is 25.2 Å². The Balaban J connectivity index is 1.92. The van der Waals surface area contributed by atoms with Crippen molar-refractivity contribution in [2.45, 2.75) is 39.3 Å². The van der Waals surface area contributed by atoms with Crippen molar-refractivity contribution in [2.24, 2.45) is 5.92 Å². The third-order valence-electron chi connectivity index (χ3n) is 3.72. The van der Waals surface area contributed by atoms with Gasteiger partial charge in [0.15, 0.2) is 0 Å². The molecule has 2 heterocycles. The Hall–Kier alpha value is -0.870. The van der Waals surface area contributed by atoms with E-state index >= 15 is 0 Å². The van der Waals surface area contributed by atoms with E-state index in [1.807, 2.05) is 6.07 Å². The summed E-state index contributed by atoms with van der Waals surface area (Å²) in [5, 5.41) is 7.65. The molecule has 0 amide bonds. The van der Waals surface area contributed by atoms with Gasteiger partial charge in [0.1, 0.15) is 6.26 Å². The quantitative estimate of drug-likeness (QED) is 0.868. The normalized spacial score (nSPS) is 24.5. The van der Waals surface area contributed by atoms with Crippen LogP contribution >= 0.6 is 0 Å². The van der Waals surface area contributed by atoms with Crippen LogP contribution in [0.2, 0.25) is 0 Å². The van der Waals surface area contributed by atoms with E-state index in [1.165, 1.54) is 12.8 Å². The average molecular weight is 237 g/mol. The standard InChI is InChI=1S/C13H23N3O/c1-3-11(2)13-10-16(7-4-6-14-13)9-12-5-8-17-15-12/h5,8,11,13-14H,3-4,6-7,9-10H2,1-2H3. The minimum atomic E-state index is 0.606. The highest BCUT2D eigenvalue weighted by molar-refractivity contribution is 4.95. The molecule has 17 heavy (non-hydrogen) atoms. The Bertz CT molecular complexity index is 312. The van der Waals surface area contributed by atoms with Gasteiger partial charge >= 0.3 is 0 Å². The van der Waals surface area contributed by atoms with Gasteiger partial charge in [0.25, 0.3) is 0 Å². The van der Waals surface area contributed by atoms with Gasteiger partial charge in [-0.05, 0) is 25.4 Å². The fourth-order valence-electron chi connectivity index (χ4n) is 2.38. The number of nitrogens with zero attached hydrogens (tertiary/aromatic N) is 2. The van der Waals surface area contributed by atoms with Crippen LogP contribution in [-0.4, -0.2) is 35.7 Å². The highest BCUT2D eigenvalue weighted by Gasteiger charge is 2.22. The lowest BCUT2D eigenvalue weighted by molar-refractivity contribution is 0.225. The van der Waals surface area contributed by atoms with Crippen molar-refractivity contribution in [1.29, 1.82) is 0 Å². The molecule has 0 spiro atoms. The number of nitrogens with one attached hydrogen (secondary N) is 1. The third kappa shape index (κ3) is 3.54. The average Bonchev–Trinajstić information content (AvgIpc) is 2.73. The van der Waals surface area contributed by atoms with Crippen molar-refractivity contribution in [2.75, 3.05) is 19.6 Å². The molecule has 2 unspecified atom stereocenters. The van der Waals surface area contributed by atoms with E-state index in [0.717, 1.165) is 37.8 Å². The van der Waals surface area contributed by atoms with Crippen LogP contribution in [0.15, 0.2) is 16.9 Å². The summed E-state index contributed by atoms with van der Waals surface area (Å²) in [6.45, 7) is 8.89. The Labute approximate surface area is 103 Å². The zero-order chi connectivity index (χ0) is 12.1. The van der Waals surface area contributed by atoms with Crippen molar-refractivity contribution in [3.63, 3.8) is 0 Å². The molecule has 0 aromatic carbocycles. The predicted molar refractivity (Wildman–Crippen MR) is 67.6 cm³/mol. The topological polar surface area (TPSA) is 41.3 Å². The Kier molecular flexibility index (Phi) is 4.57. The van der Waals surface area contributed by atoms with Gasteiger partial charge in [-0.3, -0.25) is 4.90 Å². The molecule has 1 aliphatic rings. The zero-order valence-electron chi connectivity index (χ0n) is 10.9. The van der Waals surface area contributed by atoms with Gasteiger partial charge in [-0.25, -0.2) is 0 Å². The Morgan fingerprint density at radius 3 is 3.24 bits per heavy atom. The molecule has 4 heteroatoms. The number of rotatable bonds is 4. The van der Waals surface area contributed by atoms with E-state index in [1.54, 1.807) is 6.26 Å². The van der Waals surface area contributed by atoms with Gasteiger partial charge in [-0.15, -0.1) is 0 Å². The lowest BCUT2D eigenvalue weighted by Gasteiger charge is -2.27. The molecule has 0 saturated carbocycles. The fraction of sp³-hybridized carbons (Fsp3) is 0.769. The van der Waals surface area contributed by atoms with Crippen LogP contribution in [0, 0.1) is 5.92 Å². The lowest BCUT2D eigenvalue weighted by Crippen LogP contribution is -2.41. The van der Waals surface area contributed by atoms with Crippen LogP contribution in [0.3, 0.4) is 0 Å². The first-order valence-electron chi connectivity index (χ1n) is 6.64. The molecule has 1 N–H and O–H groups in total. The zero-order valence-corrected chi connectivity index (χ0v) is 10.9. The largest absolute Gasteiger partial charge is 0.364 e. The summed E-state index contributed by atoms with van der Waals surface area (Å²) in [5.74, 6) is 0.730. The predicted octanol–water partition coefficient (Wildman–Crippen LogP) is 1.88. The van der Waals surface area contributed by atoms with Crippen molar-refractivity contribution >= 4 is 0 Å². The summed E-state index contributed by atoms with van der Waals surface area (Å²) in [7, 11) is 0. The fourth-order valence-corrected chi connectivity index (χ4v) is 2.38. The number of aromatic nitrogens is 1. The van der Waals surface area contributed by atoms with Crippen molar-refractivity contribution in [1.82, 2.24) is 15.4 Å². The molecule has 0 bridgehead atoms. The summed E-state index contributed by atoms with van der Waals surface area (Å²) < 4.78 is 4.89. The first-order valence-corrected chi connectivity index (χ1v) is 6.64. The van der Waals surface area contributed by atoms with E-state index in [0.29, 0.717) is 6.04 Å². The maximum Gasteiger partial charge on any atom is 0.124 e. The molecule has 1 aliphatic heterocycles. The van der Waals surface area contributed by atoms with E-state index in [4.69, 9.17) is 4.52 Å². The van der Waals surface area contributed by atoms with Crippen LogP contribution < -0.4 is 5.32 Å². The summed E-state index contributed by atoms with van der Waals surface area (Å²) in [6.07, 6.45) is 4.10. The summed E-state index contributed by atoms with van der Waals surface area (Å²) >= 11 is 0. The maximum absolute atomic E-state index is 4.89. The Morgan fingerprint density at radius 2 is 2.53 bits per heavy atom. The van der Waals surface area contributed by atoms with Crippen LogP contribution in [0.4, 0.5) is 0 Å². The molecule has 4 nitrogen and oxygen atoms in total. The first kappa shape index (κ1) is 12.6. The maximum atomic E-state index is 4.89. The van der Waals surface area contributed by atoms with E-state index in [-0.39, 0.29) is 0 Å². The molecule has 1 aromatic rings. The molecule has 2 atom stereocenters. The molecule has 2 rings (SSSR count). The molecule has 1 aromatic heterocycles. The second-order valence-corrected chi connectivity index (χ2v) is 5.03. The second kappa shape index (κ2) is 6.17. The molecule has 1 fully saturated rings. The molecule has 96 valence electrons. The molecular formula is C13H23N3O. The molecule has 0 aliphatic carbocycles. The van der Waals surface area contributed by atoms with Crippen LogP contribution in [0.1, 0.15) is 32.4 Å². The van der Waals surface area contributed by atoms with Gasteiger partial charge < -0.3 is 9.84 Å². The third-order valence-corrected chi connectivity index (χ3v) is 3.72. The molecular weight excluding hydrogens is 214 g/mol. The number of hydrogen-bond donors (Lipinski definition) is 1. The van der Waals surface area contributed by atoms with Gasteiger partial charge in [0.2, 0.25) is 0 Å². The summed E-state index contributed by atoms with van der Waals surface area (Å²) in [6, 6.07) is 2.56. The van der Waals surface area contributed by atoms with Gasteiger partial charge in [-0.2, -0.15) is 0 Å². The summed E-state index contributed by atoms with van der Waals surface area (Å²) in [4.78, 5) is 2.48. The first-order chi connectivity index (χ1) is 8.29. The van der Waals surface area contributed by atoms with Gasteiger partial charge in [0.05, 0.1) is 5.69 Å². The minimum Gasteiger partial charge on any atom is -0.364 e. The monoisotopic (exact) mass is 237 g/mol. The van der Waals surface area contributed by atoms with E-state index in [9.17, 15) is 0 Å². The highest BCUT2D eigenvalue weighted by atomic mass is 16.5. The lowest BCUT2D eigenvalue weighted by atomic mass is 9.99. The Morgan fingerprint density at radius 1 is 1.65 bits per heavy atom. The summed E-state index contributed by atoms with van der Waals surface area (Å²) in [5.41, 5.74) is 1.04. The highest BCUT2D eigenvalue weighted by Crippen LogP contribution is 2.14. The van der Waals surface area contributed by atoms with Crippen molar-refractivity contribution < 1.29 is 4.52 Å². The molecule has 1 saturated heterocycles. The smallest absolute Gasteiger partial charge is 0.124 e. The SMILES string of the molecule is CCC(C)C1CN(Cc2ccon2)CCCN1. The van der Waals surface area contributed by atoms with E-state index < -0.39 is 0 Å². The van der Waals surface area contributed by atoms with E-state index in [2.05, 4.69) is 29.2 Å².